The maximum absolute atomic E-state index is 12.5. The minimum absolute atomic E-state index is 0.0443. The summed E-state index contributed by atoms with van der Waals surface area (Å²) < 4.78 is 6.11. The maximum Gasteiger partial charge on any atom is 0.223 e. The first-order valence-corrected chi connectivity index (χ1v) is 10.3. The molecule has 0 unspecified atom stereocenters. The Balaban J connectivity index is 1.60. The highest BCUT2D eigenvalue weighted by Gasteiger charge is 2.57. The average Bonchev–Trinajstić information content (AvgIpc) is 2.90. The molecule has 1 N–H and O–H groups in total. The number of fused-ring (bicyclic) bond motifs is 4. The molecule has 2 atom stereocenters. The van der Waals surface area contributed by atoms with Gasteiger partial charge in [-0.1, -0.05) is 56.3 Å². The number of carbonyl (C=O) groups is 1. The van der Waals surface area contributed by atoms with E-state index in [0.717, 1.165) is 16.9 Å². The maximum atomic E-state index is 12.5. The summed E-state index contributed by atoms with van der Waals surface area (Å²) in [6, 6.07) is 16.6. The van der Waals surface area contributed by atoms with Gasteiger partial charge >= 0.3 is 0 Å². The lowest BCUT2D eigenvalue weighted by Crippen LogP contribution is -2.68. The Labute approximate surface area is 171 Å². The summed E-state index contributed by atoms with van der Waals surface area (Å²) in [5, 5.41) is 3.33. The molecule has 1 saturated heterocycles. The van der Waals surface area contributed by atoms with Crippen LogP contribution in [0.5, 0.6) is 5.75 Å². The molecular formula is C25H26N2O2. The molecule has 3 heterocycles. The first-order valence-electron chi connectivity index (χ1n) is 10.3. The second-order valence-corrected chi connectivity index (χ2v) is 8.63. The molecule has 1 amide bonds. The minimum Gasteiger partial charge on any atom is -0.485 e. The number of ether oxygens (including phenoxy) is 1. The number of nitrogens with one attached hydrogen (secondary N) is 1. The zero-order chi connectivity index (χ0) is 20.2. The monoisotopic (exact) mass is 386 g/mol. The van der Waals surface area contributed by atoms with Crippen LogP contribution >= 0.6 is 0 Å². The lowest BCUT2D eigenvalue weighted by Gasteiger charge is -2.49. The number of nitrogens with zero attached hydrogens (tertiary/aromatic N) is 1. The first kappa shape index (κ1) is 18.0. The van der Waals surface area contributed by atoms with Gasteiger partial charge in [0.2, 0.25) is 5.91 Å². The van der Waals surface area contributed by atoms with E-state index in [2.05, 4.69) is 79.5 Å². The summed E-state index contributed by atoms with van der Waals surface area (Å²) in [5.74, 6) is 1.01. The molecule has 2 aromatic carbocycles. The Bertz CT molecular complexity index is 1050. The van der Waals surface area contributed by atoms with Crippen LogP contribution in [0.4, 0.5) is 5.69 Å². The summed E-state index contributed by atoms with van der Waals surface area (Å²) in [5.41, 5.74) is 3.79. The molecule has 3 aliphatic heterocycles. The zero-order valence-electron chi connectivity index (χ0n) is 17.1. The number of hydrogen-bond donors (Lipinski definition) is 1. The second-order valence-electron chi connectivity index (χ2n) is 8.63. The highest BCUT2D eigenvalue weighted by atomic mass is 16.5. The van der Waals surface area contributed by atoms with Gasteiger partial charge in [0, 0.05) is 29.6 Å². The Morgan fingerprint density at radius 1 is 1.14 bits per heavy atom. The summed E-state index contributed by atoms with van der Waals surface area (Å²) in [6.45, 7) is 7.21. The number of carbonyl (C=O) groups excluding carboxylic acids is 1. The van der Waals surface area contributed by atoms with Crippen molar-refractivity contribution in [2.45, 2.75) is 44.4 Å². The summed E-state index contributed by atoms with van der Waals surface area (Å²) in [7, 11) is 0. The first-order chi connectivity index (χ1) is 13.9. The molecule has 1 fully saturated rings. The van der Waals surface area contributed by atoms with E-state index in [4.69, 9.17) is 4.74 Å². The minimum atomic E-state index is -0.594. The topological polar surface area (TPSA) is 41.6 Å². The van der Waals surface area contributed by atoms with Crippen LogP contribution in [0.15, 0.2) is 66.3 Å². The third kappa shape index (κ3) is 2.55. The van der Waals surface area contributed by atoms with Crippen molar-refractivity contribution in [3.8, 4) is 5.75 Å². The van der Waals surface area contributed by atoms with Crippen LogP contribution in [0.1, 0.15) is 38.3 Å². The molecule has 3 aliphatic rings. The molecular weight excluding hydrogens is 360 g/mol. The van der Waals surface area contributed by atoms with Gasteiger partial charge in [0.15, 0.2) is 0 Å². The lowest BCUT2D eigenvalue weighted by molar-refractivity contribution is -0.124. The van der Waals surface area contributed by atoms with E-state index in [-0.39, 0.29) is 17.4 Å². The van der Waals surface area contributed by atoms with E-state index >= 15 is 0 Å². The molecule has 0 aromatic heterocycles. The molecule has 29 heavy (non-hydrogen) atoms. The van der Waals surface area contributed by atoms with E-state index < -0.39 is 5.66 Å². The summed E-state index contributed by atoms with van der Waals surface area (Å²) >= 11 is 0. The van der Waals surface area contributed by atoms with E-state index in [9.17, 15) is 4.79 Å². The Kier molecular flexibility index (Phi) is 3.89. The normalized spacial score (nSPS) is 26.9. The molecule has 0 saturated carbocycles. The molecule has 5 rings (SSSR count). The van der Waals surface area contributed by atoms with E-state index in [1.54, 1.807) is 0 Å². The number of rotatable bonds is 2. The van der Waals surface area contributed by atoms with Crippen molar-refractivity contribution < 1.29 is 9.53 Å². The highest BCUT2D eigenvalue weighted by molar-refractivity contribution is 5.84. The van der Waals surface area contributed by atoms with Crippen molar-refractivity contribution in [1.29, 1.82) is 0 Å². The van der Waals surface area contributed by atoms with Crippen molar-refractivity contribution >= 4 is 17.7 Å². The van der Waals surface area contributed by atoms with Gasteiger partial charge in [-0.2, -0.15) is 0 Å². The Morgan fingerprint density at radius 3 is 2.76 bits per heavy atom. The van der Waals surface area contributed by atoms with Crippen molar-refractivity contribution in [3.63, 3.8) is 0 Å². The smallest absolute Gasteiger partial charge is 0.223 e. The quantitative estimate of drug-likeness (QED) is 0.831. The van der Waals surface area contributed by atoms with Gasteiger partial charge in [-0.15, -0.1) is 0 Å². The molecule has 0 aliphatic carbocycles. The van der Waals surface area contributed by atoms with Crippen molar-refractivity contribution in [3.05, 3.63) is 77.4 Å². The van der Waals surface area contributed by atoms with Crippen LogP contribution in [0.25, 0.3) is 6.08 Å². The van der Waals surface area contributed by atoms with Crippen molar-refractivity contribution in [2.75, 3.05) is 11.4 Å². The Morgan fingerprint density at radius 2 is 1.90 bits per heavy atom. The van der Waals surface area contributed by atoms with Gasteiger partial charge in [-0.05, 0) is 42.3 Å². The van der Waals surface area contributed by atoms with E-state index in [1.165, 1.54) is 11.3 Å². The van der Waals surface area contributed by atoms with Crippen LogP contribution in [0, 0.1) is 0 Å². The zero-order valence-corrected chi connectivity index (χ0v) is 17.1. The fraction of sp³-hybridized carbons (Fsp3) is 0.320. The van der Waals surface area contributed by atoms with Crippen molar-refractivity contribution in [1.82, 2.24) is 5.32 Å². The number of para-hydroxylation sites is 2. The van der Waals surface area contributed by atoms with E-state index in [0.29, 0.717) is 13.0 Å². The lowest BCUT2D eigenvalue weighted by atomic mass is 9.74. The second kappa shape index (κ2) is 6.24. The average molecular weight is 386 g/mol. The molecule has 2 aromatic rings. The molecule has 0 radical (unpaired) electrons. The molecule has 0 bridgehead atoms. The predicted molar refractivity (Wildman–Crippen MR) is 116 cm³/mol. The molecule has 148 valence electrons. The van der Waals surface area contributed by atoms with Gasteiger partial charge in [0.05, 0.1) is 0 Å². The third-order valence-corrected chi connectivity index (χ3v) is 6.67. The van der Waals surface area contributed by atoms with Crippen LogP contribution in [0.3, 0.4) is 0 Å². The van der Waals surface area contributed by atoms with Gasteiger partial charge in [0.1, 0.15) is 17.5 Å². The van der Waals surface area contributed by atoms with Crippen LogP contribution in [-0.4, -0.2) is 24.2 Å². The standard InChI is InChI=1S/C25H26N2O2/c1-17-18(16-19-8-4-7-11-22(19)29-17)12-14-25-24(2,3)20-9-5-6-10-21(20)27(25)15-13-23(28)26-25/h4-12,14,16-17H,13,15H2,1-3H3,(H,26,28)/t17-,25-/m1/s1. The number of amides is 1. The SMILES string of the molecule is C[C@H]1Oc2ccccc2C=C1C=C[C@@]12NC(=O)CCN1c1ccccc1C2(C)C. The molecule has 0 spiro atoms. The largest absolute Gasteiger partial charge is 0.485 e. The Hall–Kier alpha value is -3.01. The summed E-state index contributed by atoms with van der Waals surface area (Å²) in [4.78, 5) is 14.9. The van der Waals surface area contributed by atoms with Gasteiger partial charge in [-0.25, -0.2) is 0 Å². The number of anilines is 1. The van der Waals surface area contributed by atoms with Gasteiger partial charge in [-0.3, -0.25) is 4.79 Å². The fourth-order valence-corrected chi connectivity index (χ4v) is 4.98. The van der Waals surface area contributed by atoms with Gasteiger partial charge < -0.3 is 15.0 Å². The van der Waals surface area contributed by atoms with Crippen molar-refractivity contribution in [2.24, 2.45) is 0 Å². The fourth-order valence-electron chi connectivity index (χ4n) is 4.98. The molecule has 4 nitrogen and oxygen atoms in total. The third-order valence-electron chi connectivity index (χ3n) is 6.67. The highest BCUT2D eigenvalue weighted by Crippen LogP contribution is 2.52. The van der Waals surface area contributed by atoms with Gasteiger partial charge in [0.25, 0.3) is 0 Å². The number of hydrogen-bond acceptors (Lipinski definition) is 3. The van der Waals surface area contributed by atoms with E-state index in [1.807, 2.05) is 18.2 Å². The predicted octanol–water partition coefficient (Wildman–Crippen LogP) is 4.42. The summed E-state index contributed by atoms with van der Waals surface area (Å²) in [6.07, 6.45) is 6.95. The van der Waals surface area contributed by atoms with Crippen LogP contribution in [-0.2, 0) is 10.2 Å². The number of benzene rings is 2. The van der Waals surface area contributed by atoms with Crippen LogP contribution < -0.4 is 15.0 Å². The molecule has 4 heteroatoms. The van der Waals surface area contributed by atoms with Crippen LogP contribution in [0.2, 0.25) is 0 Å².